The topological polar surface area (TPSA) is 49.4 Å². The zero-order valence-electron chi connectivity index (χ0n) is 11.1. The van der Waals surface area contributed by atoms with E-state index < -0.39 is 10.0 Å². The highest BCUT2D eigenvalue weighted by Gasteiger charge is 2.24. The summed E-state index contributed by atoms with van der Waals surface area (Å²) in [6, 6.07) is 5.75. The monoisotopic (exact) mass is 268 g/mol. The molecule has 0 saturated carbocycles. The van der Waals surface area contributed by atoms with Crippen LogP contribution in [-0.2, 0) is 16.4 Å². The Morgan fingerprint density at radius 3 is 2.61 bits per heavy atom. The van der Waals surface area contributed by atoms with Gasteiger partial charge in [0.05, 0.1) is 4.90 Å². The zero-order chi connectivity index (χ0) is 13.3. The minimum atomic E-state index is -3.33. The molecule has 1 heterocycles. The lowest BCUT2D eigenvalue weighted by molar-refractivity contribution is 0.445. The van der Waals surface area contributed by atoms with Crippen molar-refractivity contribution in [2.45, 2.75) is 38.1 Å². The summed E-state index contributed by atoms with van der Waals surface area (Å²) >= 11 is 0. The average molecular weight is 268 g/mol. The van der Waals surface area contributed by atoms with E-state index in [2.05, 4.69) is 12.2 Å². The van der Waals surface area contributed by atoms with E-state index >= 15 is 0 Å². The maximum atomic E-state index is 12.4. The molecule has 18 heavy (non-hydrogen) atoms. The van der Waals surface area contributed by atoms with Crippen LogP contribution in [0.4, 0.5) is 5.69 Å². The largest absolute Gasteiger partial charge is 0.382 e. The fourth-order valence-electron chi connectivity index (χ4n) is 2.40. The summed E-state index contributed by atoms with van der Waals surface area (Å²) < 4.78 is 26.2. The van der Waals surface area contributed by atoms with Gasteiger partial charge in [0.1, 0.15) is 0 Å². The van der Waals surface area contributed by atoms with Gasteiger partial charge in [0.25, 0.3) is 0 Å². The van der Waals surface area contributed by atoms with E-state index in [1.165, 1.54) is 4.31 Å². The van der Waals surface area contributed by atoms with Crippen LogP contribution in [0.15, 0.2) is 23.1 Å². The third-order valence-corrected chi connectivity index (χ3v) is 5.39. The van der Waals surface area contributed by atoms with Crippen molar-refractivity contribution in [1.29, 1.82) is 0 Å². The minimum Gasteiger partial charge on any atom is -0.382 e. The van der Waals surface area contributed by atoms with Crippen molar-refractivity contribution in [3.05, 3.63) is 23.8 Å². The Bertz CT molecular complexity index is 536. The van der Waals surface area contributed by atoms with E-state index in [1.54, 1.807) is 12.1 Å². The fraction of sp³-hybridized carbons (Fsp3) is 0.538. The first kappa shape index (κ1) is 13.4. The normalized spacial score (nSPS) is 18.8. The van der Waals surface area contributed by atoms with Crippen molar-refractivity contribution in [3.63, 3.8) is 0 Å². The molecule has 0 amide bonds. The molecular formula is C13H20N2O2S. The number of hydrogen-bond acceptors (Lipinski definition) is 3. The lowest BCUT2D eigenvalue weighted by Gasteiger charge is -2.18. The van der Waals surface area contributed by atoms with Crippen molar-refractivity contribution in [2.24, 2.45) is 0 Å². The third kappa shape index (κ3) is 2.24. The van der Waals surface area contributed by atoms with E-state index in [0.717, 1.165) is 17.7 Å². The van der Waals surface area contributed by atoms with Crippen LogP contribution in [0, 0.1) is 0 Å². The van der Waals surface area contributed by atoms with Gasteiger partial charge >= 0.3 is 0 Å². The Kier molecular flexibility index (Phi) is 3.64. The highest BCUT2D eigenvalue weighted by atomic mass is 32.2. The molecular weight excluding hydrogens is 248 g/mol. The predicted molar refractivity (Wildman–Crippen MR) is 73.3 cm³/mol. The van der Waals surface area contributed by atoms with Gasteiger partial charge < -0.3 is 5.32 Å². The number of hydrogen-bond donors (Lipinski definition) is 1. The van der Waals surface area contributed by atoms with Crippen molar-refractivity contribution >= 4 is 15.7 Å². The molecule has 0 radical (unpaired) electrons. The van der Waals surface area contributed by atoms with Crippen LogP contribution in [0.25, 0.3) is 0 Å². The highest BCUT2D eigenvalue weighted by Crippen LogP contribution is 2.29. The van der Waals surface area contributed by atoms with E-state index in [0.29, 0.717) is 24.0 Å². The van der Waals surface area contributed by atoms with Crippen LogP contribution in [-0.4, -0.2) is 31.9 Å². The van der Waals surface area contributed by atoms with Crippen LogP contribution >= 0.6 is 0 Å². The minimum absolute atomic E-state index is 0.381. The number of nitrogens with zero attached hydrogens (tertiary/aromatic N) is 1. The number of benzene rings is 1. The summed E-state index contributed by atoms with van der Waals surface area (Å²) in [6.45, 7) is 6.82. The van der Waals surface area contributed by atoms with Crippen LogP contribution in [0.2, 0.25) is 0 Å². The lowest BCUT2D eigenvalue weighted by atomic mass is 10.1. The van der Waals surface area contributed by atoms with Gasteiger partial charge in [-0.1, -0.05) is 13.8 Å². The molecule has 0 aromatic heterocycles. The van der Waals surface area contributed by atoms with Gasteiger partial charge in [-0.2, -0.15) is 4.31 Å². The average Bonchev–Trinajstić information content (AvgIpc) is 2.69. The Labute approximate surface area is 109 Å². The summed E-state index contributed by atoms with van der Waals surface area (Å²) in [5.41, 5.74) is 2.15. The molecule has 2 rings (SSSR count). The molecule has 1 atom stereocenters. The van der Waals surface area contributed by atoms with Crippen LogP contribution in [0.5, 0.6) is 0 Å². The number of nitrogens with one attached hydrogen (secondary N) is 1. The smallest absolute Gasteiger partial charge is 0.243 e. The van der Waals surface area contributed by atoms with E-state index in [1.807, 2.05) is 19.9 Å². The molecule has 0 spiro atoms. The molecule has 1 aliphatic rings. The molecule has 5 heteroatoms. The zero-order valence-corrected chi connectivity index (χ0v) is 11.9. The molecule has 1 N–H and O–H groups in total. The second kappa shape index (κ2) is 4.90. The maximum absolute atomic E-state index is 12.4. The van der Waals surface area contributed by atoms with Gasteiger partial charge in [-0.15, -0.1) is 0 Å². The van der Waals surface area contributed by atoms with Gasteiger partial charge in [-0.05, 0) is 37.1 Å². The Hall–Kier alpha value is -1.07. The Morgan fingerprint density at radius 2 is 2.00 bits per heavy atom. The summed E-state index contributed by atoms with van der Waals surface area (Å²) in [4.78, 5) is 0.404. The molecule has 100 valence electrons. The molecule has 0 unspecified atom stereocenters. The van der Waals surface area contributed by atoms with Gasteiger partial charge in [0.2, 0.25) is 10.0 Å². The third-order valence-electron chi connectivity index (χ3n) is 3.35. The first-order valence-electron chi connectivity index (χ1n) is 6.38. The summed E-state index contributed by atoms with van der Waals surface area (Å²) in [5, 5.41) is 3.32. The molecule has 4 nitrogen and oxygen atoms in total. The van der Waals surface area contributed by atoms with E-state index in [-0.39, 0.29) is 0 Å². The van der Waals surface area contributed by atoms with Crippen LogP contribution in [0.3, 0.4) is 0 Å². The van der Waals surface area contributed by atoms with Crippen molar-refractivity contribution < 1.29 is 8.42 Å². The highest BCUT2D eigenvalue weighted by molar-refractivity contribution is 7.89. The maximum Gasteiger partial charge on any atom is 0.243 e. The summed E-state index contributed by atoms with van der Waals surface area (Å²) in [5.74, 6) is 0. The lowest BCUT2D eigenvalue weighted by Crippen LogP contribution is -2.30. The molecule has 0 fully saturated rings. The van der Waals surface area contributed by atoms with Crippen molar-refractivity contribution in [2.75, 3.05) is 18.4 Å². The quantitative estimate of drug-likeness (QED) is 0.909. The van der Waals surface area contributed by atoms with Gasteiger partial charge in [-0.25, -0.2) is 8.42 Å². The standard InChI is InChI=1S/C13H20N2O2S/c1-4-15(5-2)18(16,17)12-6-7-13-11(9-12)8-10(3)14-13/h6-7,9-10,14H,4-5,8H2,1-3H3/t10-/m0/s1. The summed E-state index contributed by atoms with van der Waals surface area (Å²) in [6.07, 6.45) is 0.886. The molecule has 0 bridgehead atoms. The van der Waals surface area contributed by atoms with Gasteiger partial charge in [0, 0.05) is 24.8 Å². The number of rotatable bonds is 4. The predicted octanol–water partition coefficient (Wildman–Crippen LogP) is 2.07. The first-order chi connectivity index (χ1) is 8.48. The molecule has 1 aliphatic heterocycles. The number of sulfonamides is 1. The SMILES string of the molecule is CCN(CC)S(=O)(=O)c1ccc2c(c1)C[C@H](C)N2. The number of anilines is 1. The van der Waals surface area contributed by atoms with Gasteiger partial charge in [0.15, 0.2) is 0 Å². The first-order valence-corrected chi connectivity index (χ1v) is 7.82. The summed E-state index contributed by atoms with van der Waals surface area (Å²) in [7, 11) is -3.33. The van der Waals surface area contributed by atoms with E-state index in [9.17, 15) is 8.42 Å². The molecule has 1 aromatic rings. The van der Waals surface area contributed by atoms with Gasteiger partial charge in [-0.3, -0.25) is 0 Å². The second-order valence-corrected chi connectivity index (χ2v) is 6.60. The molecule has 0 aliphatic carbocycles. The van der Waals surface area contributed by atoms with Crippen molar-refractivity contribution in [1.82, 2.24) is 4.31 Å². The van der Waals surface area contributed by atoms with Crippen LogP contribution < -0.4 is 5.32 Å². The second-order valence-electron chi connectivity index (χ2n) is 4.66. The Balaban J connectivity index is 2.39. The fourth-order valence-corrected chi connectivity index (χ4v) is 3.91. The Morgan fingerprint density at radius 1 is 1.33 bits per heavy atom. The van der Waals surface area contributed by atoms with E-state index in [4.69, 9.17) is 0 Å². The number of fused-ring (bicyclic) bond motifs is 1. The van der Waals surface area contributed by atoms with Crippen LogP contribution in [0.1, 0.15) is 26.3 Å². The molecule has 1 aromatic carbocycles. The van der Waals surface area contributed by atoms with Crippen molar-refractivity contribution in [3.8, 4) is 0 Å². The molecule has 0 saturated heterocycles.